The van der Waals surface area contributed by atoms with Gasteiger partial charge in [0, 0.05) is 43.5 Å². The van der Waals surface area contributed by atoms with Crippen molar-refractivity contribution < 1.29 is 9.50 Å². The average Bonchev–Trinajstić information content (AvgIpc) is 2.56. The summed E-state index contributed by atoms with van der Waals surface area (Å²) in [6, 6.07) is 6.64. The number of aliphatic hydroxyl groups is 1. The highest BCUT2D eigenvalue weighted by molar-refractivity contribution is 5.62. The van der Waals surface area contributed by atoms with Gasteiger partial charge in [-0.3, -0.25) is 0 Å². The molecule has 0 radical (unpaired) electrons. The summed E-state index contributed by atoms with van der Waals surface area (Å²) >= 11 is 0. The average molecular weight is 288 g/mol. The molecule has 2 aromatic rings. The van der Waals surface area contributed by atoms with Crippen LogP contribution in [0.2, 0.25) is 0 Å². The minimum absolute atomic E-state index is 0.273. The van der Waals surface area contributed by atoms with Crippen molar-refractivity contribution in [3.8, 4) is 11.3 Å². The fourth-order valence-corrected chi connectivity index (χ4v) is 2.42. The first-order valence-electron chi connectivity index (χ1n) is 6.97. The number of anilines is 1. The zero-order valence-corrected chi connectivity index (χ0v) is 11.6. The van der Waals surface area contributed by atoms with Gasteiger partial charge in [-0.15, -0.1) is 0 Å². The molecule has 0 spiro atoms. The number of hydrogen-bond acceptors (Lipinski definition) is 5. The molecule has 1 aromatic carbocycles. The third kappa shape index (κ3) is 2.86. The van der Waals surface area contributed by atoms with Crippen molar-refractivity contribution in [2.24, 2.45) is 0 Å². The van der Waals surface area contributed by atoms with Crippen LogP contribution in [0.5, 0.6) is 0 Å². The highest BCUT2D eigenvalue weighted by Crippen LogP contribution is 2.24. The molecule has 3 rings (SSSR count). The lowest BCUT2D eigenvalue weighted by atomic mass is 10.1. The van der Waals surface area contributed by atoms with Crippen LogP contribution in [0.3, 0.4) is 0 Å². The summed E-state index contributed by atoms with van der Waals surface area (Å²) in [5.41, 5.74) is 1.20. The molecular weight excluding hydrogens is 271 g/mol. The van der Waals surface area contributed by atoms with Crippen LogP contribution in [0.1, 0.15) is 5.56 Å². The number of nitrogens with zero attached hydrogens (tertiary/aromatic N) is 3. The SMILES string of the molecule is OCc1cccc(-c2ccnc(N3CCNCC3)n2)c1F. The van der Waals surface area contributed by atoms with Gasteiger partial charge in [0.2, 0.25) is 5.95 Å². The smallest absolute Gasteiger partial charge is 0.225 e. The Labute approximate surface area is 122 Å². The Bertz CT molecular complexity index is 629. The van der Waals surface area contributed by atoms with Gasteiger partial charge < -0.3 is 15.3 Å². The first-order chi connectivity index (χ1) is 10.3. The third-order valence-corrected chi connectivity index (χ3v) is 3.57. The van der Waals surface area contributed by atoms with Crippen molar-refractivity contribution in [1.29, 1.82) is 0 Å². The number of piperazine rings is 1. The van der Waals surface area contributed by atoms with Crippen molar-refractivity contribution in [2.45, 2.75) is 6.61 Å². The predicted molar refractivity (Wildman–Crippen MR) is 78.4 cm³/mol. The van der Waals surface area contributed by atoms with E-state index in [9.17, 15) is 4.39 Å². The molecule has 2 N–H and O–H groups in total. The molecule has 0 aliphatic carbocycles. The molecule has 0 saturated carbocycles. The second-order valence-electron chi connectivity index (χ2n) is 4.92. The van der Waals surface area contributed by atoms with E-state index in [0.717, 1.165) is 26.2 Å². The first kappa shape index (κ1) is 13.9. The Morgan fingerprint density at radius 1 is 1.24 bits per heavy atom. The number of halogens is 1. The summed E-state index contributed by atoms with van der Waals surface area (Å²) in [7, 11) is 0. The molecule has 6 heteroatoms. The lowest BCUT2D eigenvalue weighted by molar-refractivity contribution is 0.276. The molecule has 110 valence electrons. The van der Waals surface area contributed by atoms with Crippen molar-refractivity contribution in [3.63, 3.8) is 0 Å². The molecule has 1 aliphatic heterocycles. The quantitative estimate of drug-likeness (QED) is 0.888. The first-order valence-corrected chi connectivity index (χ1v) is 6.97. The van der Waals surface area contributed by atoms with Gasteiger partial charge in [-0.1, -0.05) is 12.1 Å². The van der Waals surface area contributed by atoms with Gasteiger partial charge in [0.25, 0.3) is 0 Å². The van der Waals surface area contributed by atoms with Gasteiger partial charge in [-0.05, 0) is 12.1 Å². The summed E-state index contributed by atoms with van der Waals surface area (Å²) in [6.07, 6.45) is 1.64. The van der Waals surface area contributed by atoms with E-state index in [2.05, 4.69) is 20.2 Å². The lowest BCUT2D eigenvalue weighted by Crippen LogP contribution is -2.44. The Morgan fingerprint density at radius 3 is 2.81 bits per heavy atom. The third-order valence-electron chi connectivity index (χ3n) is 3.57. The van der Waals surface area contributed by atoms with Crippen LogP contribution in [0.4, 0.5) is 10.3 Å². The molecule has 1 aliphatic rings. The van der Waals surface area contributed by atoms with Crippen molar-refractivity contribution in [2.75, 3.05) is 31.1 Å². The van der Waals surface area contributed by atoms with Crippen LogP contribution in [0, 0.1) is 5.82 Å². The predicted octanol–water partition coefficient (Wildman–Crippen LogP) is 1.18. The molecular formula is C15H17FN4O. The number of rotatable bonds is 3. The summed E-state index contributed by atoms with van der Waals surface area (Å²) in [5.74, 6) is 0.188. The Kier molecular flexibility index (Phi) is 4.08. The highest BCUT2D eigenvalue weighted by Gasteiger charge is 2.15. The van der Waals surface area contributed by atoms with Crippen LogP contribution in [-0.4, -0.2) is 41.3 Å². The van der Waals surface area contributed by atoms with Crippen molar-refractivity contribution >= 4 is 5.95 Å². The topological polar surface area (TPSA) is 61.3 Å². The van der Waals surface area contributed by atoms with E-state index in [1.807, 2.05) is 0 Å². The fourth-order valence-electron chi connectivity index (χ4n) is 2.42. The van der Waals surface area contributed by atoms with Gasteiger partial charge in [-0.25, -0.2) is 14.4 Å². The summed E-state index contributed by atoms with van der Waals surface area (Å²) < 4.78 is 14.3. The van der Waals surface area contributed by atoms with Gasteiger partial charge in [0.15, 0.2) is 0 Å². The van der Waals surface area contributed by atoms with Crippen LogP contribution >= 0.6 is 0 Å². The number of aliphatic hydroxyl groups excluding tert-OH is 1. The lowest BCUT2D eigenvalue weighted by Gasteiger charge is -2.27. The monoisotopic (exact) mass is 288 g/mol. The van der Waals surface area contributed by atoms with E-state index in [-0.39, 0.29) is 12.2 Å². The number of hydrogen-bond donors (Lipinski definition) is 2. The molecule has 2 heterocycles. The highest BCUT2D eigenvalue weighted by atomic mass is 19.1. The van der Waals surface area contributed by atoms with E-state index in [1.54, 1.807) is 30.5 Å². The van der Waals surface area contributed by atoms with E-state index in [4.69, 9.17) is 5.11 Å². The van der Waals surface area contributed by atoms with Crippen LogP contribution in [0.25, 0.3) is 11.3 Å². The van der Waals surface area contributed by atoms with Gasteiger partial charge in [-0.2, -0.15) is 0 Å². The minimum Gasteiger partial charge on any atom is -0.392 e. The van der Waals surface area contributed by atoms with E-state index < -0.39 is 5.82 Å². The van der Waals surface area contributed by atoms with E-state index >= 15 is 0 Å². The summed E-state index contributed by atoms with van der Waals surface area (Å²) in [5, 5.41) is 12.4. The largest absolute Gasteiger partial charge is 0.392 e. The fraction of sp³-hybridized carbons (Fsp3) is 0.333. The van der Waals surface area contributed by atoms with Crippen molar-refractivity contribution in [3.05, 3.63) is 41.8 Å². The molecule has 0 unspecified atom stereocenters. The van der Waals surface area contributed by atoms with E-state index in [1.165, 1.54) is 0 Å². The molecule has 1 aromatic heterocycles. The maximum Gasteiger partial charge on any atom is 0.225 e. The Morgan fingerprint density at radius 2 is 2.05 bits per heavy atom. The van der Waals surface area contributed by atoms with Gasteiger partial charge in [0.1, 0.15) is 5.82 Å². The summed E-state index contributed by atoms with van der Waals surface area (Å²) in [4.78, 5) is 10.8. The molecule has 21 heavy (non-hydrogen) atoms. The molecule has 5 nitrogen and oxygen atoms in total. The Hall–Kier alpha value is -2.05. The van der Waals surface area contributed by atoms with Crippen LogP contribution in [-0.2, 0) is 6.61 Å². The number of benzene rings is 1. The second-order valence-corrected chi connectivity index (χ2v) is 4.92. The molecule has 0 amide bonds. The number of aromatic nitrogens is 2. The zero-order valence-electron chi connectivity index (χ0n) is 11.6. The normalized spacial score (nSPS) is 15.2. The summed E-state index contributed by atoms with van der Waals surface area (Å²) in [6.45, 7) is 3.13. The second kappa shape index (κ2) is 6.15. The standard InChI is InChI=1S/C15H17FN4O/c16-14-11(10-21)2-1-3-12(14)13-4-5-18-15(19-13)20-8-6-17-7-9-20/h1-5,17,21H,6-10H2. The molecule has 1 fully saturated rings. The van der Waals surface area contributed by atoms with Crippen LogP contribution < -0.4 is 10.2 Å². The maximum atomic E-state index is 14.3. The van der Waals surface area contributed by atoms with Gasteiger partial charge >= 0.3 is 0 Å². The zero-order chi connectivity index (χ0) is 14.7. The minimum atomic E-state index is -0.426. The Balaban J connectivity index is 1.96. The van der Waals surface area contributed by atoms with E-state index in [0.29, 0.717) is 17.2 Å². The molecule has 1 saturated heterocycles. The molecule has 0 bridgehead atoms. The van der Waals surface area contributed by atoms with Crippen molar-refractivity contribution in [1.82, 2.24) is 15.3 Å². The van der Waals surface area contributed by atoms with Crippen LogP contribution in [0.15, 0.2) is 30.5 Å². The van der Waals surface area contributed by atoms with Gasteiger partial charge in [0.05, 0.1) is 12.3 Å². The maximum absolute atomic E-state index is 14.3. The molecule has 0 atom stereocenters. The number of nitrogens with one attached hydrogen (secondary N) is 1.